The smallest absolute Gasteiger partial charge is 0.248 e. The topological polar surface area (TPSA) is 60.7 Å². The number of nitrogens with one attached hydrogen (secondary N) is 1. The van der Waals surface area contributed by atoms with E-state index in [1.54, 1.807) is 38.3 Å². The van der Waals surface area contributed by atoms with Gasteiger partial charge >= 0.3 is 0 Å². The summed E-state index contributed by atoms with van der Waals surface area (Å²) < 4.78 is 17.1. The van der Waals surface area contributed by atoms with E-state index in [2.05, 4.69) is 5.32 Å². The molecule has 3 aromatic carbocycles. The van der Waals surface area contributed by atoms with Crippen LogP contribution in [0, 0.1) is 6.92 Å². The molecular weight excluding hydrogens is 446 g/mol. The molecule has 4 aromatic rings. The number of anilines is 1. The van der Waals surface area contributed by atoms with Gasteiger partial charge in [-0.15, -0.1) is 11.8 Å². The molecule has 0 radical (unpaired) electrons. The van der Waals surface area contributed by atoms with Crippen LogP contribution in [0.25, 0.3) is 27.7 Å². The standard InChI is InChI=1S/C28H27NO4S/c1-17(13-26(30)29-20-9-11-22(34-5)12-10-20)23-15-24-25(19-7-6-8-21(14-19)31-3)16-33-28(24)18(2)27(23)32-4/h6-16H,1-5H3,(H,29,30)/b17-13+. The van der Waals surface area contributed by atoms with Gasteiger partial charge in [-0.25, -0.2) is 0 Å². The first kappa shape index (κ1) is 23.5. The number of benzene rings is 3. The lowest BCUT2D eigenvalue weighted by Crippen LogP contribution is -2.08. The highest BCUT2D eigenvalue weighted by molar-refractivity contribution is 7.98. The van der Waals surface area contributed by atoms with E-state index in [-0.39, 0.29) is 5.91 Å². The van der Waals surface area contributed by atoms with Gasteiger partial charge in [0.1, 0.15) is 17.1 Å². The van der Waals surface area contributed by atoms with Crippen molar-refractivity contribution in [2.45, 2.75) is 18.7 Å². The first-order valence-corrected chi connectivity index (χ1v) is 12.0. The van der Waals surface area contributed by atoms with Gasteiger partial charge in [-0.2, -0.15) is 0 Å². The first-order valence-electron chi connectivity index (χ1n) is 10.8. The third-order valence-electron chi connectivity index (χ3n) is 5.76. The van der Waals surface area contributed by atoms with Gasteiger partial charge in [-0.3, -0.25) is 4.79 Å². The Kier molecular flexibility index (Phi) is 6.98. The van der Waals surface area contributed by atoms with E-state index in [1.165, 1.54) is 0 Å². The number of carbonyl (C=O) groups is 1. The average Bonchev–Trinajstić information content (AvgIpc) is 3.28. The third-order valence-corrected chi connectivity index (χ3v) is 6.50. The fraction of sp³-hybridized carbons (Fsp3) is 0.179. The molecule has 6 heteroatoms. The summed E-state index contributed by atoms with van der Waals surface area (Å²) in [6.07, 6.45) is 5.36. The summed E-state index contributed by atoms with van der Waals surface area (Å²) in [5.41, 5.74) is 5.95. The molecule has 174 valence electrons. The van der Waals surface area contributed by atoms with Crippen molar-refractivity contribution in [3.63, 3.8) is 0 Å². The number of allylic oxidation sites excluding steroid dienone is 1. The van der Waals surface area contributed by atoms with Gasteiger partial charge in [-0.05, 0) is 73.7 Å². The van der Waals surface area contributed by atoms with Crippen LogP contribution < -0.4 is 14.8 Å². The molecule has 0 saturated carbocycles. The monoisotopic (exact) mass is 473 g/mol. The molecule has 1 aromatic heterocycles. The van der Waals surface area contributed by atoms with Crippen molar-refractivity contribution < 1.29 is 18.7 Å². The molecule has 0 saturated heterocycles. The Hall–Kier alpha value is -3.64. The fourth-order valence-corrected chi connectivity index (χ4v) is 4.42. The fourth-order valence-electron chi connectivity index (χ4n) is 4.01. The summed E-state index contributed by atoms with van der Waals surface area (Å²) in [6.45, 7) is 3.87. The second-order valence-electron chi connectivity index (χ2n) is 7.89. The van der Waals surface area contributed by atoms with Gasteiger partial charge in [0.15, 0.2) is 0 Å². The minimum Gasteiger partial charge on any atom is -0.497 e. The zero-order valence-electron chi connectivity index (χ0n) is 19.9. The van der Waals surface area contributed by atoms with Crippen LogP contribution in [0.3, 0.4) is 0 Å². The molecule has 0 aliphatic rings. The van der Waals surface area contributed by atoms with E-state index in [0.717, 1.165) is 55.1 Å². The van der Waals surface area contributed by atoms with Gasteiger partial charge in [-0.1, -0.05) is 12.1 Å². The maximum absolute atomic E-state index is 12.7. The number of fused-ring (bicyclic) bond motifs is 1. The van der Waals surface area contributed by atoms with E-state index in [9.17, 15) is 4.79 Å². The molecule has 1 N–H and O–H groups in total. The molecule has 0 atom stereocenters. The number of amides is 1. The molecule has 0 spiro atoms. The maximum atomic E-state index is 12.7. The molecule has 4 rings (SSSR count). The van der Waals surface area contributed by atoms with Crippen molar-refractivity contribution in [1.29, 1.82) is 0 Å². The van der Waals surface area contributed by atoms with Crippen molar-refractivity contribution >= 4 is 39.9 Å². The molecule has 0 aliphatic carbocycles. The van der Waals surface area contributed by atoms with E-state index in [0.29, 0.717) is 5.75 Å². The van der Waals surface area contributed by atoms with Gasteiger partial charge in [0, 0.05) is 38.7 Å². The second kappa shape index (κ2) is 10.1. The molecule has 5 nitrogen and oxygen atoms in total. The number of furan rings is 1. The molecule has 0 fully saturated rings. The number of thioether (sulfide) groups is 1. The number of methoxy groups -OCH3 is 2. The highest BCUT2D eigenvalue weighted by atomic mass is 32.2. The van der Waals surface area contributed by atoms with Crippen LogP contribution in [0.2, 0.25) is 0 Å². The number of rotatable bonds is 7. The molecule has 1 amide bonds. The van der Waals surface area contributed by atoms with Crippen LogP contribution >= 0.6 is 11.8 Å². The molecule has 0 bridgehead atoms. The summed E-state index contributed by atoms with van der Waals surface area (Å²) >= 11 is 1.66. The quantitative estimate of drug-likeness (QED) is 0.227. The second-order valence-corrected chi connectivity index (χ2v) is 8.77. The minimum atomic E-state index is -0.200. The molecule has 0 aliphatic heterocycles. The van der Waals surface area contributed by atoms with E-state index in [4.69, 9.17) is 13.9 Å². The highest BCUT2D eigenvalue weighted by Crippen LogP contribution is 2.41. The zero-order valence-corrected chi connectivity index (χ0v) is 20.7. The van der Waals surface area contributed by atoms with Crippen molar-refractivity contribution in [1.82, 2.24) is 0 Å². The summed E-state index contributed by atoms with van der Waals surface area (Å²) in [7, 11) is 3.28. The van der Waals surface area contributed by atoms with Gasteiger partial charge < -0.3 is 19.2 Å². The molecule has 34 heavy (non-hydrogen) atoms. The lowest BCUT2D eigenvalue weighted by atomic mass is 9.96. The maximum Gasteiger partial charge on any atom is 0.248 e. The molecular formula is C28H27NO4S. The summed E-state index contributed by atoms with van der Waals surface area (Å²) in [4.78, 5) is 13.9. The van der Waals surface area contributed by atoms with Gasteiger partial charge in [0.25, 0.3) is 0 Å². The number of hydrogen-bond donors (Lipinski definition) is 1. The number of carbonyl (C=O) groups excluding carboxylic acids is 1. The van der Waals surface area contributed by atoms with Crippen LogP contribution in [-0.4, -0.2) is 26.4 Å². The van der Waals surface area contributed by atoms with Crippen molar-refractivity contribution in [2.24, 2.45) is 0 Å². The highest BCUT2D eigenvalue weighted by Gasteiger charge is 2.19. The van der Waals surface area contributed by atoms with Crippen LogP contribution in [0.1, 0.15) is 18.1 Å². The lowest BCUT2D eigenvalue weighted by Gasteiger charge is -2.13. The van der Waals surface area contributed by atoms with E-state index >= 15 is 0 Å². The largest absolute Gasteiger partial charge is 0.497 e. The molecule has 1 heterocycles. The normalized spacial score (nSPS) is 11.5. The number of hydrogen-bond acceptors (Lipinski definition) is 5. The van der Waals surface area contributed by atoms with Crippen LogP contribution in [0.15, 0.2) is 76.2 Å². The van der Waals surface area contributed by atoms with Gasteiger partial charge in [0.05, 0.1) is 20.5 Å². The SMILES string of the molecule is COc1cccc(-c2coc3c(C)c(OC)c(/C(C)=C/C(=O)Nc4ccc(SC)cc4)cc23)c1. The Morgan fingerprint density at radius 2 is 1.82 bits per heavy atom. The Morgan fingerprint density at radius 1 is 1.06 bits per heavy atom. The Balaban J connectivity index is 1.73. The van der Waals surface area contributed by atoms with Gasteiger partial charge in [0.2, 0.25) is 5.91 Å². The van der Waals surface area contributed by atoms with Crippen LogP contribution in [0.5, 0.6) is 11.5 Å². The minimum absolute atomic E-state index is 0.200. The Bertz CT molecular complexity index is 1370. The zero-order chi connectivity index (χ0) is 24.2. The Morgan fingerprint density at radius 3 is 2.50 bits per heavy atom. The number of ether oxygens (including phenoxy) is 2. The summed E-state index contributed by atoms with van der Waals surface area (Å²) in [5.74, 6) is 1.26. The van der Waals surface area contributed by atoms with Crippen molar-refractivity contribution in [3.8, 4) is 22.6 Å². The van der Waals surface area contributed by atoms with Crippen molar-refractivity contribution in [2.75, 3.05) is 25.8 Å². The Labute approximate surface area is 203 Å². The average molecular weight is 474 g/mol. The summed E-state index contributed by atoms with van der Waals surface area (Å²) in [5, 5.41) is 3.88. The summed E-state index contributed by atoms with van der Waals surface area (Å²) in [6, 6.07) is 17.6. The van der Waals surface area contributed by atoms with Crippen molar-refractivity contribution in [3.05, 3.63) is 78.1 Å². The predicted octanol–water partition coefficient (Wildman–Crippen LogP) is 7.19. The predicted molar refractivity (Wildman–Crippen MR) is 140 cm³/mol. The van der Waals surface area contributed by atoms with E-state index in [1.807, 2.05) is 74.7 Å². The lowest BCUT2D eigenvalue weighted by molar-refractivity contribution is -0.111. The molecule has 0 unspecified atom stereocenters. The van der Waals surface area contributed by atoms with Crippen LogP contribution in [-0.2, 0) is 4.79 Å². The number of aryl methyl sites for hydroxylation is 1. The third kappa shape index (κ3) is 4.68. The first-order chi connectivity index (χ1) is 16.4. The van der Waals surface area contributed by atoms with Crippen LogP contribution in [0.4, 0.5) is 5.69 Å². The van der Waals surface area contributed by atoms with E-state index < -0.39 is 0 Å².